The zero-order valence-corrected chi connectivity index (χ0v) is 25.1. The van der Waals surface area contributed by atoms with Crippen LogP contribution in [0.3, 0.4) is 0 Å². The van der Waals surface area contributed by atoms with Gasteiger partial charge in [0.25, 0.3) is 10.0 Å². The van der Waals surface area contributed by atoms with Gasteiger partial charge in [-0.25, -0.2) is 12.8 Å². The molecular formula is C30H36FN3O4S2. The van der Waals surface area contributed by atoms with Gasteiger partial charge in [0.2, 0.25) is 11.8 Å². The summed E-state index contributed by atoms with van der Waals surface area (Å²) in [7, 11) is -4.14. The van der Waals surface area contributed by atoms with E-state index in [0.717, 1.165) is 14.8 Å². The molecule has 0 saturated heterocycles. The first-order chi connectivity index (χ1) is 19.0. The lowest BCUT2D eigenvalue weighted by Crippen LogP contribution is -2.52. The second-order valence-electron chi connectivity index (χ2n) is 9.66. The van der Waals surface area contributed by atoms with Crippen molar-refractivity contribution in [2.45, 2.75) is 62.5 Å². The number of carbonyl (C=O) groups is 2. The van der Waals surface area contributed by atoms with Crippen molar-refractivity contribution >= 4 is 39.3 Å². The fourth-order valence-electron chi connectivity index (χ4n) is 3.95. The van der Waals surface area contributed by atoms with Crippen molar-refractivity contribution < 1.29 is 22.4 Å². The number of carbonyl (C=O) groups excluding carboxylic acids is 2. The van der Waals surface area contributed by atoms with Crippen molar-refractivity contribution in [2.75, 3.05) is 17.1 Å². The third kappa shape index (κ3) is 7.85. The highest BCUT2D eigenvalue weighted by Crippen LogP contribution is 2.26. The number of nitrogens with one attached hydrogen (secondary N) is 1. The summed E-state index contributed by atoms with van der Waals surface area (Å²) in [6.45, 7) is 6.76. The number of thioether (sulfide) groups is 1. The highest BCUT2D eigenvalue weighted by atomic mass is 32.2. The van der Waals surface area contributed by atoms with Gasteiger partial charge in [-0.2, -0.15) is 0 Å². The number of rotatable bonds is 12. The molecule has 0 aliphatic carbocycles. The maximum absolute atomic E-state index is 13.9. The monoisotopic (exact) mass is 585 g/mol. The normalized spacial score (nSPS) is 12.8. The Hall–Kier alpha value is -3.37. The van der Waals surface area contributed by atoms with Gasteiger partial charge in [-0.15, -0.1) is 11.8 Å². The zero-order valence-electron chi connectivity index (χ0n) is 23.4. The van der Waals surface area contributed by atoms with Crippen molar-refractivity contribution in [1.29, 1.82) is 0 Å². The smallest absolute Gasteiger partial charge is 0.264 e. The van der Waals surface area contributed by atoms with Crippen LogP contribution in [-0.4, -0.2) is 50.0 Å². The zero-order chi connectivity index (χ0) is 29.4. The van der Waals surface area contributed by atoms with Gasteiger partial charge in [0.15, 0.2) is 0 Å². The maximum Gasteiger partial charge on any atom is 0.264 e. The molecule has 0 radical (unpaired) electrons. The molecule has 0 bridgehead atoms. The van der Waals surface area contributed by atoms with Crippen LogP contribution in [0.15, 0.2) is 82.6 Å². The van der Waals surface area contributed by atoms with E-state index in [0.29, 0.717) is 17.7 Å². The minimum absolute atomic E-state index is 0.00158. The lowest BCUT2D eigenvalue weighted by molar-refractivity contribution is -0.139. The lowest BCUT2D eigenvalue weighted by Gasteiger charge is -2.32. The number of amides is 2. The Kier molecular flexibility index (Phi) is 10.8. The first-order valence-corrected chi connectivity index (χ1v) is 15.7. The Morgan fingerprint density at radius 1 is 0.950 bits per heavy atom. The molecular weight excluding hydrogens is 549 g/mol. The molecule has 10 heteroatoms. The van der Waals surface area contributed by atoms with Crippen LogP contribution in [0, 0.1) is 12.7 Å². The fourth-order valence-corrected chi connectivity index (χ4v) is 5.77. The number of anilines is 1. The lowest BCUT2D eigenvalue weighted by atomic mass is 10.1. The average molecular weight is 586 g/mol. The molecule has 0 aliphatic heterocycles. The number of hydrogen-bond acceptors (Lipinski definition) is 5. The molecule has 214 valence electrons. The molecule has 0 aromatic heterocycles. The van der Waals surface area contributed by atoms with Gasteiger partial charge in [0, 0.05) is 17.5 Å². The second kappa shape index (κ2) is 13.8. The van der Waals surface area contributed by atoms with E-state index in [9.17, 15) is 22.4 Å². The minimum atomic E-state index is -4.14. The standard InChI is InChI=1S/C30H36FN3O4S2/c1-6-22(3)32-30(36)23(4)33(19-24-9-11-25(31)12-10-24)29(35)20-34(26-13-7-21(2)8-14-26)40(37,38)28-17-15-27(39-5)16-18-28/h7-18,22-23H,6,19-20H2,1-5H3,(H,32,36)/t22-,23+/m0/s1. The van der Waals surface area contributed by atoms with Gasteiger partial charge in [-0.1, -0.05) is 36.8 Å². The maximum atomic E-state index is 13.9. The third-order valence-electron chi connectivity index (χ3n) is 6.68. The Morgan fingerprint density at radius 2 is 1.55 bits per heavy atom. The van der Waals surface area contributed by atoms with Crippen molar-refractivity contribution in [2.24, 2.45) is 0 Å². The van der Waals surface area contributed by atoms with E-state index in [-0.39, 0.29) is 23.4 Å². The molecule has 3 aromatic rings. The molecule has 1 N–H and O–H groups in total. The first-order valence-electron chi connectivity index (χ1n) is 13.0. The van der Waals surface area contributed by atoms with Crippen LogP contribution in [0.1, 0.15) is 38.3 Å². The highest BCUT2D eigenvalue weighted by molar-refractivity contribution is 7.98. The van der Waals surface area contributed by atoms with E-state index in [2.05, 4.69) is 5.32 Å². The molecule has 3 rings (SSSR count). The van der Waals surface area contributed by atoms with Crippen molar-refractivity contribution in [3.05, 3.63) is 89.7 Å². The predicted molar refractivity (Wildman–Crippen MR) is 158 cm³/mol. The van der Waals surface area contributed by atoms with E-state index in [1.807, 2.05) is 27.0 Å². The van der Waals surface area contributed by atoms with Crippen molar-refractivity contribution in [3.63, 3.8) is 0 Å². The highest BCUT2D eigenvalue weighted by Gasteiger charge is 2.32. The molecule has 0 aliphatic rings. The summed E-state index contributed by atoms with van der Waals surface area (Å²) in [5.74, 6) is -1.35. The van der Waals surface area contributed by atoms with E-state index in [1.54, 1.807) is 43.3 Å². The molecule has 0 spiro atoms. The molecule has 3 aromatic carbocycles. The van der Waals surface area contributed by atoms with Crippen LogP contribution in [0.2, 0.25) is 0 Å². The summed E-state index contributed by atoms with van der Waals surface area (Å²) in [6.07, 6.45) is 2.61. The van der Waals surface area contributed by atoms with Crippen molar-refractivity contribution in [1.82, 2.24) is 10.2 Å². The summed E-state index contributed by atoms with van der Waals surface area (Å²) in [6, 6.07) is 18.0. The van der Waals surface area contributed by atoms with Crippen LogP contribution in [-0.2, 0) is 26.2 Å². The number of halogens is 1. The number of benzene rings is 3. The second-order valence-corrected chi connectivity index (χ2v) is 12.4. The van der Waals surface area contributed by atoms with Crippen molar-refractivity contribution in [3.8, 4) is 0 Å². The average Bonchev–Trinajstić information content (AvgIpc) is 2.95. The Labute approximate surface area is 240 Å². The number of nitrogens with zero attached hydrogens (tertiary/aromatic N) is 2. The van der Waals surface area contributed by atoms with Gasteiger partial charge in [-0.05, 0) is 87.5 Å². The summed E-state index contributed by atoms with van der Waals surface area (Å²) >= 11 is 1.49. The summed E-state index contributed by atoms with van der Waals surface area (Å²) < 4.78 is 42.4. The van der Waals surface area contributed by atoms with Gasteiger partial charge < -0.3 is 10.2 Å². The largest absolute Gasteiger partial charge is 0.352 e. The van der Waals surface area contributed by atoms with Gasteiger partial charge in [0.1, 0.15) is 18.4 Å². The SMILES string of the molecule is CC[C@H](C)NC(=O)[C@@H](C)N(Cc1ccc(F)cc1)C(=O)CN(c1ccc(C)cc1)S(=O)(=O)c1ccc(SC)cc1. The van der Waals surface area contributed by atoms with Crippen LogP contribution >= 0.6 is 11.8 Å². The quantitative estimate of drug-likeness (QED) is 0.288. The predicted octanol–water partition coefficient (Wildman–Crippen LogP) is 5.38. The third-order valence-corrected chi connectivity index (χ3v) is 9.21. The van der Waals surface area contributed by atoms with Crippen LogP contribution in [0.4, 0.5) is 10.1 Å². The van der Waals surface area contributed by atoms with Crippen LogP contribution in [0.5, 0.6) is 0 Å². The Balaban J connectivity index is 2.01. The molecule has 0 heterocycles. The number of hydrogen-bond donors (Lipinski definition) is 1. The van der Waals surface area contributed by atoms with Gasteiger partial charge in [0.05, 0.1) is 10.6 Å². The van der Waals surface area contributed by atoms with E-state index >= 15 is 0 Å². The molecule has 0 saturated carbocycles. The number of sulfonamides is 1. The van der Waals surface area contributed by atoms with E-state index < -0.39 is 34.3 Å². The minimum Gasteiger partial charge on any atom is -0.352 e. The number of aryl methyl sites for hydroxylation is 1. The fraction of sp³-hybridized carbons (Fsp3) is 0.333. The molecule has 2 atom stereocenters. The molecule has 40 heavy (non-hydrogen) atoms. The molecule has 7 nitrogen and oxygen atoms in total. The Bertz CT molecular complexity index is 1400. The van der Waals surface area contributed by atoms with Crippen LogP contribution in [0.25, 0.3) is 0 Å². The summed E-state index contributed by atoms with van der Waals surface area (Å²) in [5, 5.41) is 2.89. The van der Waals surface area contributed by atoms with Gasteiger partial charge >= 0.3 is 0 Å². The summed E-state index contributed by atoms with van der Waals surface area (Å²) in [4.78, 5) is 29.3. The van der Waals surface area contributed by atoms with Gasteiger partial charge in [-0.3, -0.25) is 13.9 Å². The van der Waals surface area contributed by atoms with Crippen LogP contribution < -0.4 is 9.62 Å². The summed E-state index contributed by atoms with van der Waals surface area (Å²) in [5.41, 5.74) is 1.87. The molecule has 2 amide bonds. The van der Waals surface area contributed by atoms with E-state index in [4.69, 9.17) is 0 Å². The van der Waals surface area contributed by atoms with E-state index in [1.165, 1.54) is 53.1 Å². The topological polar surface area (TPSA) is 86.8 Å². The molecule has 0 unspecified atom stereocenters. The Morgan fingerprint density at radius 3 is 2.10 bits per heavy atom. The first kappa shape index (κ1) is 31.2. The molecule has 0 fully saturated rings.